The van der Waals surface area contributed by atoms with E-state index in [1.807, 2.05) is 49.3 Å². The molecule has 0 aliphatic carbocycles. The largest absolute Gasteiger partial charge is 0.465 e. The minimum Gasteiger partial charge on any atom is -0.465 e. The van der Waals surface area contributed by atoms with Gasteiger partial charge in [0.15, 0.2) is 0 Å². The summed E-state index contributed by atoms with van der Waals surface area (Å²) in [7, 11) is 5.23. The lowest BCUT2D eigenvalue weighted by molar-refractivity contribution is -0.0749. The summed E-state index contributed by atoms with van der Waals surface area (Å²) in [4.78, 5) is 28.5. The van der Waals surface area contributed by atoms with Crippen molar-refractivity contribution in [1.29, 1.82) is 0 Å². The number of aliphatic hydroxyl groups is 1. The Kier molecular flexibility index (Phi) is 8.25. The molecule has 2 atom stereocenters. The number of urea groups is 1. The number of rotatable bonds is 5. The fourth-order valence-corrected chi connectivity index (χ4v) is 4.58. The Morgan fingerprint density at radius 2 is 2.00 bits per heavy atom. The normalized spacial score (nSPS) is 21.1. The molecule has 0 radical (unpaired) electrons. The van der Waals surface area contributed by atoms with E-state index in [-0.39, 0.29) is 24.4 Å². The van der Waals surface area contributed by atoms with Crippen LogP contribution >= 0.6 is 23.7 Å². The van der Waals surface area contributed by atoms with E-state index in [1.54, 1.807) is 16.3 Å². The van der Waals surface area contributed by atoms with Gasteiger partial charge in [-0.3, -0.25) is 5.32 Å². The van der Waals surface area contributed by atoms with E-state index < -0.39 is 11.6 Å². The van der Waals surface area contributed by atoms with E-state index in [2.05, 4.69) is 5.32 Å². The molecule has 0 bridgehead atoms. The number of methoxy groups -OCH3 is 1. The highest BCUT2D eigenvalue weighted by Crippen LogP contribution is 2.38. The number of anilines is 1. The number of esters is 1. The lowest BCUT2D eigenvalue weighted by Crippen LogP contribution is -2.55. The first-order valence-electron chi connectivity index (χ1n) is 9.49. The maximum atomic E-state index is 12.9. The Balaban J connectivity index is 0.00000320. The van der Waals surface area contributed by atoms with Gasteiger partial charge in [0.1, 0.15) is 5.00 Å². The summed E-state index contributed by atoms with van der Waals surface area (Å²) in [5, 5.41) is 16.5. The van der Waals surface area contributed by atoms with E-state index in [4.69, 9.17) is 4.74 Å². The zero-order chi connectivity index (χ0) is 21.0. The Morgan fingerprint density at radius 3 is 2.63 bits per heavy atom. The molecule has 1 aliphatic heterocycles. The number of likely N-dealkylation sites (tertiary alicyclic amines) is 1. The zero-order valence-corrected chi connectivity index (χ0v) is 19.0. The Labute approximate surface area is 187 Å². The van der Waals surface area contributed by atoms with Gasteiger partial charge in [-0.05, 0) is 37.5 Å². The molecular formula is C21H28ClN3O4S. The average molecular weight is 454 g/mol. The number of thiophene rings is 1. The Hall–Kier alpha value is -2.13. The van der Waals surface area contributed by atoms with Crippen LogP contribution in [0.15, 0.2) is 41.8 Å². The van der Waals surface area contributed by atoms with Crippen LogP contribution in [0, 0.1) is 5.92 Å². The van der Waals surface area contributed by atoms with E-state index >= 15 is 0 Å². The number of amides is 2. The molecule has 2 aromatic rings. The molecule has 164 valence electrons. The standard InChI is InChI=1S/C21H27N3O4S.ClH/c1-23(2)13-16-14-24(11-10-21(16,27)15-7-5-4-6-8-15)20(26)22-18-17(9-12-29-18)19(25)28-3;/h4-9,12,16,27H,10-11,13-14H2,1-3H3,(H,22,26);1H. The number of halogens is 1. The maximum absolute atomic E-state index is 12.9. The van der Waals surface area contributed by atoms with Gasteiger partial charge in [0.05, 0.1) is 18.3 Å². The Morgan fingerprint density at radius 1 is 1.30 bits per heavy atom. The van der Waals surface area contributed by atoms with Gasteiger partial charge in [0, 0.05) is 25.6 Å². The third-order valence-electron chi connectivity index (χ3n) is 5.32. The molecule has 1 fully saturated rings. The summed E-state index contributed by atoms with van der Waals surface area (Å²) in [5.74, 6) is -0.632. The van der Waals surface area contributed by atoms with Gasteiger partial charge < -0.3 is 19.6 Å². The molecule has 0 saturated carbocycles. The van der Waals surface area contributed by atoms with Crippen LogP contribution in [-0.2, 0) is 10.3 Å². The highest BCUT2D eigenvalue weighted by atomic mass is 35.5. The van der Waals surface area contributed by atoms with Crippen molar-refractivity contribution in [2.24, 2.45) is 5.92 Å². The lowest BCUT2D eigenvalue weighted by Gasteiger charge is -2.45. The molecule has 9 heteroatoms. The number of hydrogen-bond donors (Lipinski definition) is 2. The minimum atomic E-state index is -0.998. The van der Waals surface area contributed by atoms with Gasteiger partial charge in [-0.1, -0.05) is 30.3 Å². The van der Waals surface area contributed by atoms with Gasteiger partial charge in [0.25, 0.3) is 0 Å². The third kappa shape index (κ3) is 5.13. The van der Waals surface area contributed by atoms with Crippen LogP contribution in [0.1, 0.15) is 22.3 Å². The predicted octanol–water partition coefficient (Wildman–Crippen LogP) is 3.26. The molecule has 2 heterocycles. The van der Waals surface area contributed by atoms with Gasteiger partial charge in [-0.2, -0.15) is 0 Å². The molecule has 0 spiro atoms. The van der Waals surface area contributed by atoms with Crippen LogP contribution in [0.5, 0.6) is 0 Å². The van der Waals surface area contributed by atoms with Crippen LogP contribution in [0.2, 0.25) is 0 Å². The topological polar surface area (TPSA) is 82.1 Å². The molecule has 1 saturated heterocycles. The number of nitrogens with zero attached hydrogens (tertiary/aromatic N) is 2. The number of ether oxygens (including phenoxy) is 1. The van der Waals surface area contributed by atoms with E-state index in [0.717, 1.165) is 5.56 Å². The van der Waals surface area contributed by atoms with Gasteiger partial charge in [-0.25, -0.2) is 9.59 Å². The zero-order valence-electron chi connectivity index (χ0n) is 17.3. The first-order chi connectivity index (χ1) is 13.8. The van der Waals surface area contributed by atoms with E-state index in [0.29, 0.717) is 36.6 Å². The van der Waals surface area contributed by atoms with E-state index in [9.17, 15) is 14.7 Å². The fraction of sp³-hybridized carbons (Fsp3) is 0.429. The average Bonchev–Trinajstić information content (AvgIpc) is 3.17. The van der Waals surface area contributed by atoms with Crippen LogP contribution in [-0.4, -0.2) is 67.7 Å². The first-order valence-corrected chi connectivity index (χ1v) is 10.4. The predicted molar refractivity (Wildman–Crippen MR) is 120 cm³/mol. The van der Waals surface area contributed by atoms with Crippen molar-refractivity contribution in [3.8, 4) is 0 Å². The summed E-state index contributed by atoms with van der Waals surface area (Å²) in [6.45, 7) is 1.47. The maximum Gasteiger partial charge on any atom is 0.340 e. The van der Waals surface area contributed by atoms with E-state index in [1.165, 1.54) is 18.4 Å². The molecule has 3 rings (SSSR count). The number of nitrogens with one attached hydrogen (secondary N) is 1. The summed E-state index contributed by atoms with van der Waals surface area (Å²) < 4.78 is 4.76. The molecule has 2 amide bonds. The second-order valence-electron chi connectivity index (χ2n) is 7.53. The van der Waals surface area contributed by atoms with Gasteiger partial charge in [0.2, 0.25) is 0 Å². The SMILES string of the molecule is COC(=O)c1ccsc1NC(=O)N1CCC(O)(c2ccccc2)C(CN(C)C)C1.Cl. The number of carbonyl (C=O) groups excluding carboxylic acids is 2. The van der Waals surface area contributed by atoms with Crippen molar-refractivity contribution in [3.05, 3.63) is 52.9 Å². The third-order valence-corrected chi connectivity index (χ3v) is 6.15. The Bertz CT molecular complexity index is 861. The van der Waals surface area contributed by atoms with Crippen molar-refractivity contribution in [2.45, 2.75) is 12.0 Å². The molecule has 2 unspecified atom stereocenters. The second kappa shape index (κ2) is 10.3. The van der Waals surface area contributed by atoms with Crippen molar-refractivity contribution >= 4 is 40.7 Å². The molecule has 1 aliphatic rings. The van der Waals surface area contributed by atoms with Crippen LogP contribution in [0.3, 0.4) is 0 Å². The second-order valence-corrected chi connectivity index (χ2v) is 8.45. The minimum absolute atomic E-state index is 0. The smallest absolute Gasteiger partial charge is 0.340 e. The number of carbonyl (C=O) groups is 2. The molecular weight excluding hydrogens is 426 g/mol. The van der Waals surface area contributed by atoms with Crippen molar-refractivity contribution < 1.29 is 19.4 Å². The van der Waals surface area contributed by atoms with Crippen molar-refractivity contribution in [1.82, 2.24) is 9.80 Å². The van der Waals surface area contributed by atoms with Crippen LogP contribution < -0.4 is 5.32 Å². The first kappa shape index (κ1) is 24.1. The van der Waals surface area contributed by atoms with Crippen LogP contribution in [0.25, 0.3) is 0 Å². The number of benzene rings is 1. The van der Waals surface area contributed by atoms with Crippen molar-refractivity contribution in [3.63, 3.8) is 0 Å². The number of piperidine rings is 1. The molecule has 2 N–H and O–H groups in total. The summed E-state index contributed by atoms with van der Waals surface area (Å²) in [5.41, 5.74) is 0.217. The monoisotopic (exact) mass is 453 g/mol. The highest BCUT2D eigenvalue weighted by molar-refractivity contribution is 7.14. The molecule has 7 nitrogen and oxygen atoms in total. The molecule has 30 heavy (non-hydrogen) atoms. The fourth-order valence-electron chi connectivity index (χ4n) is 3.81. The summed E-state index contributed by atoms with van der Waals surface area (Å²) in [6, 6.07) is 11.0. The quantitative estimate of drug-likeness (QED) is 0.679. The number of hydrogen-bond acceptors (Lipinski definition) is 6. The van der Waals surface area contributed by atoms with Gasteiger partial charge in [-0.15, -0.1) is 23.7 Å². The summed E-state index contributed by atoms with van der Waals surface area (Å²) >= 11 is 1.28. The van der Waals surface area contributed by atoms with Gasteiger partial charge >= 0.3 is 12.0 Å². The molecule has 1 aromatic carbocycles. The van der Waals surface area contributed by atoms with Crippen LogP contribution in [0.4, 0.5) is 9.80 Å². The lowest BCUT2D eigenvalue weighted by atomic mass is 9.75. The highest BCUT2D eigenvalue weighted by Gasteiger charge is 2.44. The van der Waals surface area contributed by atoms with Crippen molar-refractivity contribution in [2.75, 3.05) is 46.2 Å². The molecule has 1 aromatic heterocycles. The summed E-state index contributed by atoms with van der Waals surface area (Å²) in [6.07, 6.45) is 0.442.